The molecule has 0 atom stereocenters. The monoisotopic (exact) mass is 656 g/mol. The zero-order chi connectivity index (χ0) is 33.6. The van der Waals surface area contributed by atoms with E-state index in [4.69, 9.17) is 9.97 Å². The number of benzene rings is 6. The van der Waals surface area contributed by atoms with Gasteiger partial charge in [-0.1, -0.05) is 129 Å². The van der Waals surface area contributed by atoms with E-state index in [1.54, 1.807) is 16.7 Å². The van der Waals surface area contributed by atoms with Gasteiger partial charge in [0.15, 0.2) is 5.82 Å². The van der Waals surface area contributed by atoms with Gasteiger partial charge in [-0.15, -0.1) is 0 Å². The number of aromatic nitrogens is 2. The lowest BCUT2D eigenvalue weighted by Gasteiger charge is -2.61. The third kappa shape index (κ3) is 3.54. The highest BCUT2D eigenvalue weighted by atomic mass is 14.9. The second-order valence-corrected chi connectivity index (χ2v) is 16.9. The van der Waals surface area contributed by atoms with Crippen LogP contribution in [0.4, 0.5) is 0 Å². The molecular weight excluding hydrogens is 617 g/mol. The van der Waals surface area contributed by atoms with Gasteiger partial charge in [-0.05, 0) is 117 Å². The molecule has 0 saturated heterocycles. The SMILES string of the molecule is CC1(C)c2ccccc2-c2c1ccc1c2C2(c3cccc(-c4nc(-c5ccccc5)nc5ccc6ccccc6c45)c3-1)C1CC3CC(C1)CC2C3. The Kier molecular flexibility index (Phi) is 5.51. The van der Waals surface area contributed by atoms with Crippen LogP contribution < -0.4 is 0 Å². The minimum atomic E-state index is -0.0297. The summed E-state index contributed by atoms with van der Waals surface area (Å²) in [6, 6.07) is 45.4. The molecule has 0 radical (unpaired) electrons. The lowest BCUT2D eigenvalue weighted by molar-refractivity contribution is -0.0397. The molecule has 1 aromatic heterocycles. The summed E-state index contributed by atoms with van der Waals surface area (Å²) in [6.07, 6.45) is 6.91. The zero-order valence-electron chi connectivity index (χ0n) is 29.3. The predicted molar refractivity (Wildman–Crippen MR) is 209 cm³/mol. The van der Waals surface area contributed by atoms with E-state index in [0.29, 0.717) is 11.8 Å². The Hall–Kier alpha value is -5.08. The Bertz CT molecular complexity index is 2600. The first-order chi connectivity index (χ1) is 25.0. The van der Waals surface area contributed by atoms with Crippen LogP contribution in [-0.4, -0.2) is 9.97 Å². The van der Waals surface area contributed by atoms with Crippen LogP contribution in [0.3, 0.4) is 0 Å². The van der Waals surface area contributed by atoms with Crippen molar-refractivity contribution < 1.29 is 0 Å². The van der Waals surface area contributed by atoms with Gasteiger partial charge in [0.25, 0.3) is 0 Å². The molecule has 7 aromatic rings. The fourth-order valence-corrected chi connectivity index (χ4v) is 12.5. The van der Waals surface area contributed by atoms with Crippen LogP contribution in [0.5, 0.6) is 0 Å². The average Bonchev–Trinajstić information content (AvgIpc) is 3.59. The number of rotatable bonds is 2. The van der Waals surface area contributed by atoms with Crippen LogP contribution in [0.1, 0.15) is 68.2 Å². The van der Waals surface area contributed by atoms with Crippen molar-refractivity contribution in [3.8, 4) is 44.9 Å². The van der Waals surface area contributed by atoms with Crippen LogP contribution >= 0.6 is 0 Å². The lowest BCUT2D eigenvalue weighted by atomic mass is 9.42. The first kappa shape index (κ1) is 28.6. The molecule has 246 valence electrons. The molecule has 51 heavy (non-hydrogen) atoms. The van der Waals surface area contributed by atoms with Gasteiger partial charge in [-0.3, -0.25) is 0 Å². The van der Waals surface area contributed by atoms with E-state index in [1.165, 1.54) is 76.3 Å². The van der Waals surface area contributed by atoms with Gasteiger partial charge in [-0.25, -0.2) is 9.97 Å². The van der Waals surface area contributed by atoms with E-state index in [1.807, 2.05) is 0 Å². The topological polar surface area (TPSA) is 25.8 Å². The lowest BCUT2D eigenvalue weighted by Crippen LogP contribution is -2.55. The molecule has 13 rings (SSSR count). The zero-order valence-corrected chi connectivity index (χ0v) is 29.3. The van der Waals surface area contributed by atoms with Crippen molar-refractivity contribution >= 4 is 21.7 Å². The third-order valence-electron chi connectivity index (χ3n) is 14.2. The van der Waals surface area contributed by atoms with Crippen LogP contribution in [0.2, 0.25) is 0 Å². The Labute approximate surface area is 299 Å². The largest absolute Gasteiger partial charge is 0.228 e. The fraction of sp³-hybridized carbons (Fsp3) is 0.265. The van der Waals surface area contributed by atoms with Crippen LogP contribution in [0, 0.1) is 23.7 Å². The average molecular weight is 657 g/mol. The summed E-state index contributed by atoms with van der Waals surface area (Å²) < 4.78 is 0. The molecule has 4 bridgehead atoms. The summed E-state index contributed by atoms with van der Waals surface area (Å²) >= 11 is 0. The third-order valence-corrected chi connectivity index (χ3v) is 14.2. The second kappa shape index (κ2) is 9.82. The van der Waals surface area contributed by atoms with Gasteiger partial charge in [0.1, 0.15) is 0 Å². The number of nitrogens with zero attached hydrogens (tertiary/aromatic N) is 2. The Balaban J connectivity index is 1.23. The van der Waals surface area contributed by atoms with E-state index < -0.39 is 0 Å². The molecule has 0 amide bonds. The Morgan fingerprint density at radius 2 is 1.24 bits per heavy atom. The summed E-state index contributed by atoms with van der Waals surface area (Å²) in [4.78, 5) is 10.8. The molecule has 6 aliphatic rings. The molecule has 0 N–H and O–H groups in total. The quantitative estimate of drug-likeness (QED) is 0.173. The van der Waals surface area contributed by atoms with Crippen molar-refractivity contribution in [1.29, 1.82) is 0 Å². The smallest absolute Gasteiger partial charge is 0.160 e. The molecule has 4 fully saturated rings. The highest BCUT2D eigenvalue weighted by Crippen LogP contribution is 2.72. The molecule has 1 spiro atoms. The van der Waals surface area contributed by atoms with Crippen molar-refractivity contribution in [2.45, 2.75) is 56.8 Å². The Morgan fingerprint density at radius 1 is 0.529 bits per heavy atom. The molecular formula is C49H40N2. The second-order valence-electron chi connectivity index (χ2n) is 16.9. The van der Waals surface area contributed by atoms with Gasteiger partial charge in [0, 0.05) is 27.3 Å². The van der Waals surface area contributed by atoms with Gasteiger partial charge < -0.3 is 0 Å². The van der Waals surface area contributed by atoms with Gasteiger partial charge in [0.05, 0.1) is 11.2 Å². The van der Waals surface area contributed by atoms with E-state index in [9.17, 15) is 0 Å². The number of hydrogen-bond donors (Lipinski definition) is 0. The first-order valence-electron chi connectivity index (χ1n) is 19.2. The van der Waals surface area contributed by atoms with Crippen LogP contribution in [-0.2, 0) is 10.8 Å². The van der Waals surface area contributed by atoms with E-state index in [-0.39, 0.29) is 10.8 Å². The summed E-state index contributed by atoms with van der Waals surface area (Å²) in [6.45, 7) is 4.90. The minimum absolute atomic E-state index is 0.0279. The van der Waals surface area contributed by atoms with Crippen molar-refractivity contribution in [3.63, 3.8) is 0 Å². The molecule has 6 aromatic carbocycles. The summed E-state index contributed by atoms with van der Waals surface area (Å²) in [5.41, 5.74) is 16.5. The van der Waals surface area contributed by atoms with Crippen LogP contribution in [0.15, 0.2) is 121 Å². The van der Waals surface area contributed by atoms with Gasteiger partial charge >= 0.3 is 0 Å². The molecule has 1 heterocycles. The normalized spacial score (nSPS) is 25.7. The molecule has 6 aliphatic carbocycles. The van der Waals surface area contributed by atoms with Crippen molar-refractivity contribution in [1.82, 2.24) is 9.97 Å². The maximum absolute atomic E-state index is 5.59. The Morgan fingerprint density at radius 3 is 2.06 bits per heavy atom. The molecule has 4 saturated carbocycles. The fourth-order valence-electron chi connectivity index (χ4n) is 12.5. The maximum Gasteiger partial charge on any atom is 0.160 e. The van der Waals surface area contributed by atoms with E-state index >= 15 is 0 Å². The highest BCUT2D eigenvalue weighted by molar-refractivity contribution is 6.14. The summed E-state index contributed by atoms with van der Waals surface area (Å²) in [7, 11) is 0. The van der Waals surface area contributed by atoms with Crippen LogP contribution in [0.25, 0.3) is 66.6 Å². The maximum atomic E-state index is 5.59. The molecule has 2 nitrogen and oxygen atoms in total. The van der Waals surface area contributed by atoms with Gasteiger partial charge in [-0.2, -0.15) is 0 Å². The number of hydrogen-bond acceptors (Lipinski definition) is 2. The molecule has 0 unspecified atom stereocenters. The van der Waals surface area contributed by atoms with Crippen molar-refractivity contribution in [3.05, 3.63) is 144 Å². The van der Waals surface area contributed by atoms with Crippen molar-refractivity contribution in [2.24, 2.45) is 23.7 Å². The first-order valence-corrected chi connectivity index (χ1v) is 19.2. The van der Waals surface area contributed by atoms with Gasteiger partial charge in [0.2, 0.25) is 0 Å². The molecule has 2 heteroatoms. The minimum Gasteiger partial charge on any atom is -0.228 e. The standard InChI is InChI=1S/C49H40N2/c1-48(2)38-17-9-8-15-35(38)43-39(48)21-20-36-42-37(16-10-18-40(42)49(45(36)43)32-24-28-23-29(26-32)27-33(49)25-28)46-44-34-14-7-6-11-30(34)19-22-41(44)50-47(51-46)31-12-4-3-5-13-31/h3-22,28-29,32-33H,23-27H2,1-2H3. The van der Waals surface area contributed by atoms with Crippen molar-refractivity contribution in [2.75, 3.05) is 0 Å². The predicted octanol–water partition coefficient (Wildman–Crippen LogP) is 12.1. The van der Waals surface area contributed by atoms with E-state index in [2.05, 4.69) is 135 Å². The summed E-state index contributed by atoms with van der Waals surface area (Å²) in [5, 5.41) is 3.60. The molecule has 0 aliphatic heterocycles. The highest BCUT2D eigenvalue weighted by Gasteiger charge is 2.63. The number of fused-ring (bicyclic) bond motifs is 10. The summed E-state index contributed by atoms with van der Waals surface area (Å²) in [5.74, 6) is 3.92. The van der Waals surface area contributed by atoms with E-state index in [0.717, 1.165) is 39.8 Å².